The van der Waals surface area contributed by atoms with Gasteiger partial charge in [-0.15, -0.1) is 0 Å². The van der Waals surface area contributed by atoms with E-state index in [0.717, 1.165) is 5.69 Å². The van der Waals surface area contributed by atoms with Gasteiger partial charge in [-0.05, 0) is 62.2 Å². The fourth-order valence-corrected chi connectivity index (χ4v) is 5.33. The third-order valence-electron chi connectivity index (χ3n) is 6.52. The smallest absolute Gasteiger partial charge is 0.324 e. The Morgan fingerprint density at radius 3 is 2.32 bits per heavy atom. The minimum atomic E-state index is -3.72. The van der Waals surface area contributed by atoms with Crippen LogP contribution < -0.4 is 14.9 Å². The van der Waals surface area contributed by atoms with E-state index in [2.05, 4.69) is 10.0 Å². The van der Waals surface area contributed by atoms with Gasteiger partial charge in [-0.25, -0.2) is 13.2 Å². The molecule has 2 amide bonds. The van der Waals surface area contributed by atoms with Crippen molar-refractivity contribution < 1.29 is 18.3 Å². The predicted octanol–water partition coefficient (Wildman–Crippen LogP) is 4.22. The number of sulfonamides is 1. The SMILES string of the molecule is CC(C)(CCN1CCN(c2ccccc2)C1=O)NC[C@H](O)c1cccc(NS(=O)(=O)c2ccccc2)c1. The molecule has 0 unspecified atom stereocenters. The maximum absolute atomic E-state index is 12.8. The molecule has 1 aliphatic rings. The molecule has 37 heavy (non-hydrogen) atoms. The molecule has 196 valence electrons. The summed E-state index contributed by atoms with van der Waals surface area (Å²) < 4.78 is 27.8. The second-order valence-corrected chi connectivity index (χ2v) is 11.5. The van der Waals surface area contributed by atoms with Crippen LogP contribution in [0.15, 0.2) is 89.8 Å². The second kappa shape index (κ2) is 11.3. The summed E-state index contributed by atoms with van der Waals surface area (Å²) >= 11 is 0. The van der Waals surface area contributed by atoms with E-state index in [1.54, 1.807) is 47.4 Å². The van der Waals surface area contributed by atoms with E-state index in [0.29, 0.717) is 37.3 Å². The number of rotatable bonds is 11. The number of amides is 2. The molecule has 0 spiro atoms. The Kier molecular flexibility index (Phi) is 8.16. The van der Waals surface area contributed by atoms with Crippen molar-refractivity contribution in [3.63, 3.8) is 0 Å². The number of β-amino-alcohol motifs (C(OH)–C–C–N with tert-alkyl or cyclic N) is 1. The third-order valence-corrected chi connectivity index (χ3v) is 7.92. The average Bonchev–Trinajstić information content (AvgIpc) is 3.27. The summed E-state index contributed by atoms with van der Waals surface area (Å²) in [5.74, 6) is 0. The normalized spacial score (nSPS) is 15.2. The summed E-state index contributed by atoms with van der Waals surface area (Å²) in [6, 6.07) is 24.6. The molecule has 1 atom stereocenters. The van der Waals surface area contributed by atoms with E-state index in [9.17, 15) is 18.3 Å². The molecule has 0 aliphatic carbocycles. The van der Waals surface area contributed by atoms with Crippen LogP contribution in [0.5, 0.6) is 0 Å². The summed E-state index contributed by atoms with van der Waals surface area (Å²) in [5.41, 5.74) is 1.57. The first-order valence-electron chi connectivity index (χ1n) is 12.4. The molecule has 0 radical (unpaired) electrons. The highest BCUT2D eigenvalue weighted by Gasteiger charge is 2.31. The van der Waals surface area contributed by atoms with Crippen molar-refractivity contribution in [2.75, 3.05) is 35.8 Å². The molecule has 3 aromatic rings. The summed E-state index contributed by atoms with van der Waals surface area (Å²) in [6.07, 6.45) is -0.118. The van der Waals surface area contributed by atoms with Crippen molar-refractivity contribution >= 4 is 27.4 Å². The molecule has 1 saturated heterocycles. The molecule has 0 saturated carbocycles. The number of nitrogens with zero attached hydrogens (tertiary/aromatic N) is 2. The lowest BCUT2D eigenvalue weighted by Gasteiger charge is -2.30. The Labute approximate surface area is 219 Å². The number of carbonyl (C=O) groups excluding carboxylic acids is 1. The molecule has 1 heterocycles. The van der Waals surface area contributed by atoms with Crippen LogP contribution in [0.2, 0.25) is 0 Å². The Balaban J connectivity index is 1.29. The minimum absolute atomic E-state index is 0.0109. The number of hydrogen-bond donors (Lipinski definition) is 3. The molecule has 8 nitrogen and oxygen atoms in total. The van der Waals surface area contributed by atoms with Gasteiger partial charge in [0, 0.05) is 43.1 Å². The van der Waals surface area contributed by atoms with E-state index >= 15 is 0 Å². The van der Waals surface area contributed by atoms with Crippen molar-refractivity contribution in [2.45, 2.75) is 36.8 Å². The van der Waals surface area contributed by atoms with E-state index in [4.69, 9.17) is 0 Å². The van der Waals surface area contributed by atoms with Crippen molar-refractivity contribution in [3.8, 4) is 0 Å². The van der Waals surface area contributed by atoms with Gasteiger partial charge in [-0.2, -0.15) is 0 Å². The van der Waals surface area contributed by atoms with E-state index in [-0.39, 0.29) is 23.0 Å². The minimum Gasteiger partial charge on any atom is -0.387 e. The van der Waals surface area contributed by atoms with Gasteiger partial charge < -0.3 is 15.3 Å². The average molecular weight is 523 g/mol. The lowest BCUT2D eigenvalue weighted by molar-refractivity contribution is 0.156. The number of nitrogens with one attached hydrogen (secondary N) is 2. The van der Waals surface area contributed by atoms with Crippen LogP contribution in [-0.4, -0.2) is 56.2 Å². The Morgan fingerprint density at radius 2 is 1.62 bits per heavy atom. The number of hydrogen-bond acceptors (Lipinski definition) is 5. The third kappa shape index (κ3) is 6.88. The van der Waals surface area contributed by atoms with Gasteiger partial charge in [0.2, 0.25) is 0 Å². The van der Waals surface area contributed by atoms with Crippen LogP contribution in [-0.2, 0) is 10.0 Å². The molecule has 0 aromatic heterocycles. The van der Waals surface area contributed by atoms with Crippen molar-refractivity contribution in [2.24, 2.45) is 0 Å². The van der Waals surface area contributed by atoms with Crippen molar-refractivity contribution in [1.82, 2.24) is 10.2 Å². The lowest BCUT2D eigenvalue weighted by Crippen LogP contribution is -2.44. The van der Waals surface area contributed by atoms with Crippen LogP contribution >= 0.6 is 0 Å². The molecule has 3 aromatic carbocycles. The van der Waals surface area contributed by atoms with Gasteiger partial charge in [0.05, 0.1) is 11.0 Å². The zero-order valence-corrected chi connectivity index (χ0v) is 22.0. The highest BCUT2D eigenvalue weighted by atomic mass is 32.2. The molecule has 0 bridgehead atoms. The first-order chi connectivity index (χ1) is 17.6. The van der Waals surface area contributed by atoms with E-state index < -0.39 is 16.1 Å². The molecular formula is C28H34N4O4S. The van der Waals surface area contributed by atoms with Gasteiger partial charge in [-0.1, -0.05) is 48.5 Å². The fourth-order valence-electron chi connectivity index (χ4n) is 4.25. The standard InChI is InChI=1S/C28H34N4O4S/c1-28(2,16-17-31-18-19-32(27(31)34)24-12-5-3-6-13-24)29-21-26(33)22-10-9-11-23(20-22)30-37(35,36)25-14-7-4-8-15-25/h3-15,20,26,29-30,33H,16-19,21H2,1-2H3/t26-/m0/s1. The second-order valence-electron chi connectivity index (χ2n) is 9.83. The molecule has 1 fully saturated rings. The van der Waals surface area contributed by atoms with Gasteiger partial charge in [0.15, 0.2) is 0 Å². The van der Waals surface area contributed by atoms with Crippen LogP contribution in [0, 0.1) is 0 Å². The van der Waals surface area contributed by atoms with Crippen LogP contribution in [0.4, 0.5) is 16.2 Å². The highest BCUT2D eigenvalue weighted by Crippen LogP contribution is 2.23. The van der Waals surface area contributed by atoms with Crippen molar-refractivity contribution in [3.05, 3.63) is 90.5 Å². The molecular weight excluding hydrogens is 488 g/mol. The number of aliphatic hydroxyl groups excluding tert-OH is 1. The monoisotopic (exact) mass is 522 g/mol. The number of anilines is 2. The Morgan fingerprint density at radius 1 is 0.946 bits per heavy atom. The molecule has 1 aliphatic heterocycles. The maximum atomic E-state index is 12.8. The maximum Gasteiger partial charge on any atom is 0.324 e. The zero-order valence-electron chi connectivity index (χ0n) is 21.2. The lowest BCUT2D eigenvalue weighted by atomic mass is 9.99. The first-order valence-corrected chi connectivity index (χ1v) is 13.9. The number of aliphatic hydroxyl groups is 1. The van der Waals surface area contributed by atoms with Gasteiger partial charge in [-0.3, -0.25) is 9.62 Å². The summed E-state index contributed by atoms with van der Waals surface area (Å²) in [5, 5.41) is 14.2. The number of benzene rings is 3. The number of carbonyl (C=O) groups is 1. The zero-order chi connectivity index (χ0) is 26.5. The molecule has 9 heteroatoms. The summed E-state index contributed by atoms with van der Waals surface area (Å²) in [7, 11) is -3.72. The van der Waals surface area contributed by atoms with Gasteiger partial charge in [0.1, 0.15) is 0 Å². The Bertz CT molecular complexity index is 1300. The Hall–Kier alpha value is -3.40. The number of urea groups is 1. The first kappa shape index (κ1) is 26.7. The number of para-hydroxylation sites is 1. The largest absolute Gasteiger partial charge is 0.387 e. The van der Waals surface area contributed by atoms with Crippen LogP contribution in [0.25, 0.3) is 0 Å². The highest BCUT2D eigenvalue weighted by molar-refractivity contribution is 7.92. The quantitative estimate of drug-likeness (QED) is 0.350. The molecule has 4 rings (SSSR count). The predicted molar refractivity (Wildman–Crippen MR) is 146 cm³/mol. The topological polar surface area (TPSA) is 102 Å². The van der Waals surface area contributed by atoms with E-state index in [1.807, 2.05) is 49.1 Å². The van der Waals surface area contributed by atoms with Crippen LogP contribution in [0.1, 0.15) is 31.9 Å². The summed E-state index contributed by atoms with van der Waals surface area (Å²) in [6.45, 7) is 6.32. The van der Waals surface area contributed by atoms with Gasteiger partial charge in [0.25, 0.3) is 10.0 Å². The van der Waals surface area contributed by atoms with E-state index in [1.165, 1.54) is 12.1 Å². The van der Waals surface area contributed by atoms with Crippen LogP contribution in [0.3, 0.4) is 0 Å². The molecule has 3 N–H and O–H groups in total. The van der Waals surface area contributed by atoms with Gasteiger partial charge >= 0.3 is 6.03 Å². The van der Waals surface area contributed by atoms with Crippen molar-refractivity contribution in [1.29, 1.82) is 0 Å². The summed E-state index contributed by atoms with van der Waals surface area (Å²) in [4.78, 5) is 16.7. The fraction of sp³-hybridized carbons (Fsp3) is 0.321.